The van der Waals surface area contributed by atoms with Crippen molar-refractivity contribution < 1.29 is 13.2 Å². The summed E-state index contributed by atoms with van der Waals surface area (Å²) in [6, 6.07) is 4.71. The number of aromatic nitrogens is 4. The first-order valence-electron chi connectivity index (χ1n) is 12.5. The van der Waals surface area contributed by atoms with Crippen molar-refractivity contribution in [2.24, 2.45) is 0 Å². The normalized spacial score (nSPS) is 15.0. The van der Waals surface area contributed by atoms with Crippen LogP contribution in [-0.2, 0) is 10.0 Å². The Balaban J connectivity index is 1.84. The van der Waals surface area contributed by atoms with Crippen LogP contribution in [-0.4, -0.2) is 78.0 Å². The molecular formula is C25H36N6O4S. The van der Waals surface area contributed by atoms with Gasteiger partial charge in [-0.25, -0.2) is 17.9 Å². The number of H-pyrrole nitrogens is 1. The van der Waals surface area contributed by atoms with Crippen LogP contribution in [0.5, 0.6) is 5.75 Å². The van der Waals surface area contributed by atoms with Crippen molar-refractivity contribution in [3.05, 3.63) is 40.1 Å². The second-order valence-corrected chi connectivity index (χ2v) is 11.8. The van der Waals surface area contributed by atoms with Gasteiger partial charge in [-0.1, -0.05) is 19.8 Å². The summed E-state index contributed by atoms with van der Waals surface area (Å²) in [5, 5.41) is 4.77. The largest absolute Gasteiger partial charge is 0.493 e. The van der Waals surface area contributed by atoms with E-state index in [9.17, 15) is 13.2 Å². The van der Waals surface area contributed by atoms with Crippen LogP contribution < -0.4 is 10.3 Å². The van der Waals surface area contributed by atoms with E-state index < -0.39 is 10.0 Å². The minimum atomic E-state index is -3.76. The highest BCUT2D eigenvalue weighted by Crippen LogP contribution is 2.35. The van der Waals surface area contributed by atoms with Gasteiger partial charge in [0.25, 0.3) is 5.56 Å². The van der Waals surface area contributed by atoms with E-state index >= 15 is 0 Å². The molecule has 2 aromatic heterocycles. The Bertz CT molecular complexity index is 1390. The Morgan fingerprint density at radius 1 is 1.17 bits per heavy atom. The topological polar surface area (TPSA) is 113 Å². The molecular weight excluding hydrogens is 480 g/mol. The fourth-order valence-electron chi connectivity index (χ4n) is 4.60. The zero-order valence-corrected chi connectivity index (χ0v) is 22.6. The summed E-state index contributed by atoms with van der Waals surface area (Å²) >= 11 is 0. The predicted octanol–water partition coefficient (Wildman–Crippen LogP) is 3.02. The molecule has 0 radical (unpaired) electrons. The highest BCUT2D eigenvalue weighted by atomic mass is 32.2. The number of likely N-dealkylation sites (N-methyl/N-ethyl adjacent to an activating group) is 2. The van der Waals surface area contributed by atoms with Crippen LogP contribution in [0.15, 0.2) is 27.9 Å². The number of benzene rings is 1. The molecule has 0 aliphatic heterocycles. The summed E-state index contributed by atoms with van der Waals surface area (Å²) in [6.45, 7) is 5.20. The van der Waals surface area contributed by atoms with Crippen molar-refractivity contribution in [1.82, 2.24) is 28.8 Å². The number of fused-ring (bicyclic) bond motifs is 1. The number of hydrogen-bond acceptors (Lipinski definition) is 7. The van der Waals surface area contributed by atoms with E-state index in [0.717, 1.165) is 37.9 Å². The number of rotatable bonds is 10. The highest BCUT2D eigenvalue weighted by Gasteiger charge is 2.27. The van der Waals surface area contributed by atoms with Gasteiger partial charge in [-0.2, -0.15) is 4.31 Å². The number of sulfonamides is 1. The average molecular weight is 517 g/mol. The second-order valence-electron chi connectivity index (χ2n) is 9.74. The summed E-state index contributed by atoms with van der Waals surface area (Å²) in [5.74, 6) is 1.76. The molecule has 2 heterocycles. The fourth-order valence-corrected chi connectivity index (χ4v) is 5.78. The molecule has 1 aliphatic carbocycles. The summed E-state index contributed by atoms with van der Waals surface area (Å²) in [4.78, 5) is 22.8. The third-order valence-corrected chi connectivity index (χ3v) is 8.51. The predicted molar refractivity (Wildman–Crippen MR) is 139 cm³/mol. The van der Waals surface area contributed by atoms with Gasteiger partial charge in [0.1, 0.15) is 11.6 Å². The molecule has 0 unspecified atom stereocenters. The van der Waals surface area contributed by atoms with Crippen LogP contribution in [0.4, 0.5) is 0 Å². The van der Waals surface area contributed by atoms with Crippen LogP contribution in [0.2, 0.25) is 0 Å². The minimum Gasteiger partial charge on any atom is -0.493 e. The van der Waals surface area contributed by atoms with Crippen LogP contribution >= 0.6 is 0 Å². The second kappa shape index (κ2) is 10.7. The quantitative estimate of drug-likeness (QED) is 0.441. The SMILES string of the molecule is CCCOc1ccc(S(=O)(=O)N(C)CCN(C)C)cc1-c1nn2c(C3CCCC3)nc(C)c2c(=O)[nH]1. The summed E-state index contributed by atoms with van der Waals surface area (Å²) in [5.41, 5.74) is 1.17. The summed E-state index contributed by atoms with van der Waals surface area (Å²) in [6.07, 6.45) is 5.07. The number of imidazole rings is 1. The molecule has 4 rings (SSSR count). The lowest BCUT2D eigenvalue weighted by Crippen LogP contribution is -2.33. The molecule has 11 heteroatoms. The molecule has 1 saturated carbocycles. The zero-order valence-electron chi connectivity index (χ0n) is 21.7. The number of aryl methyl sites for hydroxylation is 1. The molecule has 3 aromatic rings. The molecule has 1 N–H and O–H groups in total. The summed E-state index contributed by atoms with van der Waals surface area (Å²) < 4.78 is 35.6. The standard InChI is InChI=1S/C25H36N6O4S/c1-6-15-35-21-12-11-19(36(33,34)30(5)14-13-29(3)4)16-20(21)23-27-25(32)22-17(2)26-24(31(22)28-23)18-9-7-8-10-18/h11-12,16,18H,6-10,13-15H2,1-5H3,(H,27,28,32). The molecule has 1 fully saturated rings. The van der Waals surface area contributed by atoms with E-state index in [1.54, 1.807) is 17.6 Å². The summed E-state index contributed by atoms with van der Waals surface area (Å²) in [7, 11) is 1.60. The lowest BCUT2D eigenvalue weighted by Gasteiger charge is -2.20. The van der Waals surface area contributed by atoms with Gasteiger partial charge in [0.05, 0.1) is 22.8 Å². The maximum absolute atomic E-state index is 13.3. The number of aromatic amines is 1. The Morgan fingerprint density at radius 2 is 1.89 bits per heavy atom. The Hall–Kier alpha value is -2.76. The molecule has 0 atom stereocenters. The van der Waals surface area contributed by atoms with Crippen molar-refractivity contribution in [3.8, 4) is 17.1 Å². The molecule has 36 heavy (non-hydrogen) atoms. The first-order chi connectivity index (χ1) is 17.1. The first kappa shape index (κ1) is 26.3. The van der Waals surface area contributed by atoms with E-state index in [0.29, 0.717) is 42.2 Å². The van der Waals surface area contributed by atoms with Crippen molar-refractivity contribution in [2.45, 2.75) is 56.8 Å². The lowest BCUT2D eigenvalue weighted by atomic mass is 10.1. The van der Waals surface area contributed by atoms with Crippen LogP contribution in [0.3, 0.4) is 0 Å². The molecule has 0 spiro atoms. The van der Waals surface area contributed by atoms with E-state index in [-0.39, 0.29) is 22.2 Å². The van der Waals surface area contributed by atoms with Gasteiger partial charge >= 0.3 is 0 Å². The molecule has 0 amide bonds. The van der Waals surface area contributed by atoms with Gasteiger partial charge in [-0.05, 0) is 58.5 Å². The number of nitrogens with zero attached hydrogens (tertiary/aromatic N) is 5. The number of nitrogens with one attached hydrogen (secondary N) is 1. The number of hydrogen-bond donors (Lipinski definition) is 1. The molecule has 0 saturated heterocycles. The average Bonchev–Trinajstić information content (AvgIpc) is 3.49. The third kappa shape index (κ3) is 5.18. The van der Waals surface area contributed by atoms with Crippen molar-refractivity contribution in [2.75, 3.05) is 40.8 Å². The zero-order chi connectivity index (χ0) is 26.0. The lowest BCUT2D eigenvalue weighted by molar-refractivity contribution is 0.318. The third-order valence-electron chi connectivity index (χ3n) is 6.66. The van der Waals surface area contributed by atoms with Crippen LogP contribution in [0.1, 0.15) is 56.5 Å². The molecule has 10 nitrogen and oxygen atoms in total. The van der Waals surface area contributed by atoms with E-state index in [4.69, 9.17) is 14.8 Å². The Morgan fingerprint density at radius 3 is 2.56 bits per heavy atom. The van der Waals surface area contributed by atoms with Crippen LogP contribution in [0.25, 0.3) is 16.9 Å². The molecule has 0 bridgehead atoms. The van der Waals surface area contributed by atoms with Gasteiger partial charge in [0.15, 0.2) is 11.3 Å². The monoisotopic (exact) mass is 516 g/mol. The van der Waals surface area contributed by atoms with Gasteiger partial charge in [-0.3, -0.25) is 4.79 Å². The Labute approximate surface area is 212 Å². The van der Waals surface area contributed by atoms with Gasteiger partial charge in [0.2, 0.25) is 10.0 Å². The van der Waals surface area contributed by atoms with Crippen molar-refractivity contribution in [3.63, 3.8) is 0 Å². The smallest absolute Gasteiger partial charge is 0.277 e. The van der Waals surface area contributed by atoms with E-state index in [2.05, 4.69) is 4.98 Å². The maximum Gasteiger partial charge on any atom is 0.277 e. The fraction of sp³-hybridized carbons (Fsp3) is 0.560. The van der Waals surface area contributed by atoms with Crippen molar-refractivity contribution >= 4 is 15.5 Å². The van der Waals surface area contributed by atoms with E-state index in [1.165, 1.54) is 16.4 Å². The highest BCUT2D eigenvalue weighted by molar-refractivity contribution is 7.89. The molecule has 1 aromatic carbocycles. The van der Waals surface area contributed by atoms with Crippen molar-refractivity contribution in [1.29, 1.82) is 0 Å². The van der Waals surface area contributed by atoms with Gasteiger partial charge < -0.3 is 14.6 Å². The van der Waals surface area contributed by atoms with Gasteiger partial charge in [-0.15, -0.1) is 5.10 Å². The van der Waals surface area contributed by atoms with E-state index in [1.807, 2.05) is 32.8 Å². The maximum atomic E-state index is 13.3. The van der Waals surface area contributed by atoms with Gasteiger partial charge in [0, 0.05) is 26.1 Å². The molecule has 196 valence electrons. The van der Waals surface area contributed by atoms with Crippen LogP contribution in [0, 0.1) is 6.92 Å². The first-order valence-corrected chi connectivity index (χ1v) is 13.9. The Kier molecular flexibility index (Phi) is 7.82. The minimum absolute atomic E-state index is 0.114. The molecule has 1 aliphatic rings. The number of ether oxygens (including phenoxy) is 1.